The van der Waals surface area contributed by atoms with Gasteiger partial charge in [0.15, 0.2) is 0 Å². The second-order valence-electron chi connectivity index (χ2n) is 6.86. The highest BCUT2D eigenvalue weighted by molar-refractivity contribution is 6.17. The van der Waals surface area contributed by atoms with E-state index >= 15 is 0 Å². The highest BCUT2D eigenvalue weighted by Crippen LogP contribution is 2.38. The van der Waals surface area contributed by atoms with E-state index in [0.29, 0.717) is 5.92 Å². The van der Waals surface area contributed by atoms with E-state index in [4.69, 9.17) is 0 Å². The van der Waals surface area contributed by atoms with Gasteiger partial charge in [0.05, 0.1) is 11.0 Å². The number of hydrogen-bond donors (Lipinski definition) is 0. The molecule has 3 aromatic carbocycles. The fourth-order valence-electron chi connectivity index (χ4n) is 3.62. The summed E-state index contributed by atoms with van der Waals surface area (Å²) in [5, 5.41) is 2.28. The summed E-state index contributed by atoms with van der Waals surface area (Å²) in [6.07, 6.45) is 0. The van der Waals surface area contributed by atoms with Crippen molar-refractivity contribution in [2.75, 3.05) is 0 Å². The third kappa shape index (κ3) is 2.45. The summed E-state index contributed by atoms with van der Waals surface area (Å²) >= 11 is 0. The Balaban J connectivity index is 2.25. The molecular formula is C23H21NO. The summed E-state index contributed by atoms with van der Waals surface area (Å²) in [7, 11) is 0. The van der Waals surface area contributed by atoms with Crippen LogP contribution in [0.2, 0.25) is 0 Å². The van der Waals surface area contributed by atoms with Crippen molar-refractivity contribution in [2.24, 2.45) is 0 Å². The van der Waals surface area contributed by atoms with Crippen LogP contribution in [0.5, 0.6) is 0 Å². The molecule has 124 valence electrons. The third-order valence-corrected chi connectivity index (χ3v) is 4.86. The molecule has 1 aromatic heterocycles. The van der Waals surface area contributed by atoms with Crippen LogP contribution < -0.4 is 0 Å². The standard InChI is InChI=1S/C23H21NO/c1-15(2)18-13-20(17-9-5-4-6-10-17)23-21(14-18)19-11-7-8-12-22(19)24(23)16(3)25/h4-15H,1-3H3. The van der Waals surface area contributed by atoms with E-state index in [1.54, 1.807) is 6.92 Å². The molecule has 0 aliphatic carbocycles. The number of nitrogens with zero attached hydrogens (tertiary/aromatic N) is 1. The monoisotopic (exact) mass is 327 g/mol. The minimum atomic E-state index is 0.0423. The normalized spacial score (nSPS) is 11.5. The second-order valence-corrected chi connectivity index (χ2v) is 6.86. The first-order valence-corrected chi connectivity index (χ1v) is 8.71. The van der Waals surface area contributed by atoms with E-state index in [1.807, 2.05) is 41.0 Å². The third-order valence-electron chi connectivity index (χ3n) is 4.86. The van der Waals surface area contributed by atoms with Crippen LogP contribution in [0.25, 0.3) is 32.9 Å². The van der Waals surface area contributed by atoms with E-state index in [1.165, 1.54) is 5.56 Å². The molecule has 0 spiro atoms. The smallest absolute Gasteiger partial charge is 0.228 e. The van der Waals surface area contributed by atoms with Gasteiger partial charge in [-0.15, -0.1) is 0 Å². The molecule has 0 saturated heterocycles. The van der Waals surface area contributed by atoms with Gasteiger partial charge in [0.25, 0.3) is 0 Å². The van der Waals surface area contributed by atoms with Crippen LogP contribution in [0.4, 0.5) is 0 Å². The van der Waals surface area contributed by atoms with Crippen molar-refractivity contribution in [3.05, 3.63) is 72.3 Å². The summed E-state index contributed by atoms with van der Waals surface area (Å²) in [6.45, 7) is 6.05. The zero-order valence-electron chi connectivity index (χ0n) is 14.8. The minimum absolute atomic E-state index is 0.0423. The lowest BCUT2D eigenvalue weighted by Crippen LogP contribution is -2.05. The maximum absolute atomic E-state index is 12.5. The van der Waals surface area contributed by atoms with Crippen LogP contribution in [-0.2, 0) is 0 Å². The minimum Gasteiger partial charge on any atom is -0.279 e. The van der Waals surface area contributed by atoms with Crippen molar-refractivity contribution in [1.82, 2.24) is 4.57 Å². The number of fused-ring (bicyclic) bond motifs is 3. The Morgan fingerprint density at radius 3 is 2.24 bits per heavy atom. The molecule has 0 unspecified atom stereocenters. The van der Waals surface area contributed by atoms with Crippen LogP contribution in [0.1, 0.15) is 37.0 Å². The predicted molar refractivity (Wildman–Crippen MR) is 105 cm³/mol. The van der Waals surface area contributed by atoms with Gasteiger partial charge in [-0.25, -0.2) is 0 Å². The lowest BCUT2D eigenvalue weighted by Gasteiger charge is -2.13. The number of hydrogen-bond acceptors (Lipinski definition) is 1. The highest BCUT2D eigenvalue weighted by Gasteiger charge is 2.19. The molecule has 0 aliphatic rings. The van der Waals surface area contributed by atoms with Gasteiger partial charge in [0, 0.05) is 23.3 Å². The van der Waals surface area contributed by atoms with Gasteiger partial charge in [-0.3, -0.25) is 9.36 Å². The quantitative estimate of drug-likeness (QED) is 0.427. The Morgan fingerprint density at radius 1 is 0.880 bits per heavy atom. The number of aromatic nitrogens is 1. The van der Waals surface area contributed by atoms with E-state index in [-0.39, 0.29) is 5.91 Å². The maximum atomic E-state index is 12.5. The Morgan fingerprint density at radius 2 is 1.56 bits per heavy atom. The van der Waals surface area contributed by atoms with Crippen molar-refractivity contribution in [1.29, 1.82) is 0 Å². The van der Waals surface area contributed by atoms with Crippen LogP contribution in [-0.4, -0.2) is 10.5 Å². The molecule has 0 N–H and O–H groups in total. The van der Waals surface area contributed by atoms with Gasteiger partial charge in [0.1, 0.15) is 0 Å². The van der Waals surface area contributed by atoms with E-state index in [9.17, 15) is 4.79 Å². The summed E-state index contributed by atoms with van der Waals surface area (Å²) in [4.78, 5) is 12.5. The van der Waals surface area contributed by atoms with Gasteiger partial charge < -0.3 is 0 Å². The fraction of sp³-hybridized carbons (Fsp3) is 0.174. The maximum Gasteiger partial charge on any atom is 0.228 e. The van der Waals surface area contributed by atoms with Crippen LogP contribution >= 0.6 is 0 Å². The van der Waals surface area contributed by atoms with Crippen molar-refractivity contribution in [2.45, 2.75) is 26.7 Å². The molecule has 4 rings (SSSR count). The first-order valence-electron chi connectivity index (χ1n) is 8.71. The van der Waals surface area contributed by atoms with E-state index in [0.717, 1.165) is 32.9 Å². The Hall–Kier alpha value is -2.87. The zero-order valence-corrected chi connectivity index (χ0v) is 14.8. The van der Waals surface area contributed by atoms with Gasteiger partial charge in [0.2, 0.25) is 5.91 Å². The molecule has 0 bridgehead atoms. The first kappa shape index (κ1) is 15.6. The molecule has 25 heavy (non-hydrogen) atoms. The molecule has 0 radical (unpaired) electrons. The van der Waals surface area contributed by atoms with Gasteiger partial charge >= 0.3 is 0 Å². The van der Waals surface area contributed by atoms with Crippen molar-refractivity contribution in [3.63, 3.8) is 0 Å². The molecule has 0 fully saturated rings. The summed E-state index contributed by atoms with van der Waals surface area (Å²) in [6, 6.07) is 23.0. The molecule has 0 saturated carbocycles. The Kier molecular flexibility index (Phi) is 3.69. The number of rotatable bonds is 2. The lowest BCUT2D eigenvalue weighted by atomic mass is 9.94. The molecule has 2 heteroatoms. The number of benzene rings is 3. The molecule has 0 aliphatic heterocycles. The van der Waals surface area contributed by atoms with Crippen molar-refractivity contribution in [3.8, 4) is 11.1 Å². The van der Waals surface area contributed by atoms with Crippen molar-refractivity contribution >= 4 is 27.7 Å². The average Bonchev–Trinajstić information content (AvgIpc) is 2.96. The molecule has 2 nitrogen and oxygen atoms in total. The van der Waals surface area contributed by atoms with Crippen molar-refractivity contribution < 1.29 is 4.79 Å². The summed E-state index contributed by atoms with van der Waals surface area (Å²) in [5.41, 5.74) is 5.53. The summed E-state index contributed by atoms with van der Waals surface area (Å²) in [5.74, 6) is 0.465. The number of carbonyl (C=O) groups excluding carboxylic acids is 1. The van der Waals surface area contributed by atoms with Gasteiger partial charge in [-0.05, 0) is 35.2 Å². The molecule has 4 aromatic rings. The predicted octanol–water partition coefficient (Wildman–Crippen LogP) is 6.25. The molecule has 1 heterocycles. The highest BCUT2D eigenvalue weighted by atomic mass is 16.1. The Labute approximate surface area is 147 Å². The van der Waals surface area contributed by atoms with E-state index in [2.05, 4.69) is 44.2 Å². The first-order chi connectivity index (χ1) is 12.1. The molecule has 0 atom stereocenters. The topological polar surface area (TPSA) is 22.0 Å². The molecule has 0 amide bonds. The zero-order chi connectivity index (χ0) is 17.6. The largest absolute Gasteiger partial charge is 0.279 e. The van der Waals surface area contributed by atoms with Crippen LogP contribution in [0.3, 0.4) is 0 Å². The SMILES string of the molecule is CC(=O)n1c2ccccc2c2cc(C(C)C)cc(-c3ccccc3)c21. The lowest BCUT2D eigenvalue weighted by molar-refractivity contribution is 0.0946. The van der Waals surface area contributed by atoms with E-state index < -0.39 is 0 Å². The van der Waals surface area contributed by atoms with Gasteiger partial charge in [-0.1, -0.05) is 62.4 Å². The molecular weight excluding hydrogens is 306 g/mol. The number of carbonyl (C=O) groups is 1. The average molecular weight is 327 g/mol. The van der Waals surface area contributed by atoms with Gasteiger partial charge in [-0.2, -0.15) is 0 Å². The second kappa shape index (κ2) is 5.89. The van der Waals surface area contributed by atoms with Crippen LogP contribution in [0, 0.1) is 0 Å². The Bertz CT molecular complexity index is 1090. The van der Waals surface area contributed by atoms with Crippen LogP contribution in [0.15, 0.2) is 66.7 Å². The summed E-state index contributed by atoms with van der Waals surface area (Å²) < 4.78 is 1.86. The number of para-hydroxylation sites is 1. The fourth-order valence-corrected chi connectivity index (χ4v) is 3.62.